The Bertz CT molecular complexity index is 1560. The van der Waals surface area contributed by atoms with Gasteiger partial charge in [0.05, 0.1) is 16.6 Å². The number of sulfonamides is 1. The molecule has 0 saturated heterocycles. The third-order valence-electron chi connectivity index (χ3n) is 5.22. The van der Waals surface area contributed by atoms with Gasteiger partial charge in [-0.25, -0.2) is 12.8 Å². The predicted molar refractivity (Wildman–Crippen MR) is 125 cm³/mol. The van der Waals surface area contributed by atoms with Gasteiger partial charge in [-0.2, -0.15) is 0 Å². The molecule has 0 bridgehead atoms. The molecule has 2 aromatic carbocycles. The fourth-order valence-electron chi connectivity index (χ4n) is 3.62. The molecule has 33 heavy (non-hydrogen) atoms. The first kappa shape index (κ1) is 20.7. The van der Waals surface area contributed by atoms with Crippen molar-refractivity contribution in [3.05, 3.63) is 104 Å². The molecular formula is C25H17FN4O2S. The number of rotatable bonds is 5. The summed E-state index contributed by atoms with van der Waals surface area (Å²) in [7, 11) is -3.96. The highest BCUT2D eigenvalue weighted by molar-refractivity contribution is 7.92. The second-order valence-corrected chi connectivity index (χ2v) is 8.98. The van der Waals surface area contributed by atoms with Crippen LogP contribution in [0.5, 0.6) is 0 Å². The standard InChI is InChI=1S/C25H17FN4O2S/c26-25-22(15-28-16-24(25)30-33(31,32)19-4-2-1-3-5-19)18-6-7-23-21(14-18)20(10-13-29-23)17-8-11-27-12-9-17/h1-16,30H. The van der Waals surface area contributed by atoms with Crippen LogP contribution in [0.25, 0.3) is 33.2 Å². The Morgan fingerprint density at radius 3 is 2.33 bits per heavy atom. The normalized spacial score (nSPS) is 11.4. The zero-order valence-electron chi connectivity index (χ0n) is 17.2. The molecule has 0 aliphatic heterocycles. The number of fused-ring (bicyclic) bond motifs is 1. The van der Waals surface area contributed by atoms with Crippen LogP contribution in [0.15, 0.2) is 103 Å². The van der Waals surface area contributed by atoms with E-state index in [1.165, 1.54) is 18.3 Å². The van der Waals surface area contributed by atoms with E-state index >= 15 is 4.39 Å². The van der Waals surface area contributed by atoms with Gasteiger partial charge in [0.15, 0.2) is 5.82 Å². The SMILES string of the molecule is O=S(=O)(Nc1cncc(-c2ccc3nccc(-c4ccncc4)c3c2)c1F)c1ccccc1. The molecule has 0 fully saturated rings. The van der Waals surface area contributed by atoms with Gasteiger partial charge in [0.25, 0.3) is 10.0 Å². The quantitative estimate of drug-likeness (QED) is 0.388. The van der Waals surface area contributed by atoms with Gasteiger partial charge in [0.2, 0.25) is 0 Å². The molecule has 0 atom stereocenters. The van der Waals surface area contributed by atoms with Crippen LogP contribution in [0, 0.1) is 5.82 Å². The highest BCUT2D eigenvalue weighted by Crippen LogP contribution is 2.33. The van der Waals surface area contributed by atoms with E-state index in [0.717, 1.165) is 28.2 Å². The zero-order chi connectivity index (χ0) is 22.8. The Balaban J connectivity index is 1.59. The summed E-state index contributed by atoms with van der Waals surface area (Å²) in [5.41, 5.74) is 3.14. The van der Waals surface area contributed by atoms with E-state index in [1.807, 2.05) is 24.3 Å². The number of nitrogens with zero attached hydrogens (tertiary/aromatic N) is 3. The van der Waals surface area contributed by atoms with E-state index in [-0.39, 0.29) is 16.1 Å². The number of hydrogen-bond acceptors (Lipinski definition) is 5. The van der Waals surface area contributed by atoms with Gasteiger partial charge in [-0.15, -0.1) is 0 Å². The van der Waals surface area contributed by atoms with Gasteiger partial charge in [-0.05, 0) is 59.2 Å². The lowest BCUT2D eigenvalue weighted by Crippen LogP contribution is -2.14. The number of benzene rings is 2. The smallest absolute Gasteiger partial charge is 0.262 e. The Labute approximate surface area is 189 Å². The Morgan fingerprint density at radius 2 is 1.55 bits per heavy atom. The van der Waals surface area contributed by atoms with Crippen molar-refractivity contribution in [2.24, 2.45) is 0 Å². The number of anilines is 1. The molecule has 0 unspecified atom stereocenters. The molecule has 0 radical (unpaired) electrons. The number of hydrogen-bond donors (Lipinski definition) is 1. The summed E-state index contributed by atoms with van der Waals surface area (Å²) in [4.78, 5) is 12.6. The van der Waals surface area contributed by atoms with Crippen molar-refractivity contribution >= 4 is 26.6 Å². The van der Waals surface area contributed by atoms with E-state index in [9.17, 15) is 8.42 Å². The summed E-state index contributed by atoms with van der Waals surface area (Å²) in [6.45, 7) is 0. The maximum atomic E-state index is 15.4. The molecule has 162 valence electrons. The Hall–Kier alpha value is -4.17. The fraction of sp³-hybridized carbons (Fsp3) is 0. The lowest BCUT2D eigenvalue weighted by atomic mass is 9.98. The van der Waals surface area contributed by atoms with Crippen LogP contribution >= 0.6 is 0 Å². The van der Waals surface area contributed by atoms with Gasteiger partial charge in [0.1, 0.15) is 5.69 Å². The molecule has 1 N–H and O–H groups in total. The molecule has 6 nitrogen and oxygen atoms in total. The molecule has 3 aromatic heterocycles. The van der Waals surface area contributed by atoms with Crippen molar-refractivity contribution in [3.8, 4) is 22.3 Å². The zero-order valence-corrected chi connectivity index (χ0v) is 18.0. The predicted octanol–water partition coefficient (Wildman–Crippen LogP) is 5.30. The highest BCUT2D eigenvalue weighted by atomic mass is 32.2. The fourth-order valence-corrected chi connectivity index (χ4v) is 4.68. The Kier molecular flexibility index (Phi) is 5.27. The van der Waals surface area contributed by atoms with Gasteiger partial charge in [-0.3, -0.25) is 19.7 Å². The average Bonchev–Trinajstić information content (AvgIpc) is 2.86. The third-order valence-corrected chi connectivity index (χ3v) is 6.60. The summed E-state index contributed by atoms with van der Waals surface area (Å²) >= 11 is 0. The van der Waals surface area contributed by atoms with Crippen molar-refractivity contribution in [1.29, 1.82) is 0 Å². The van der Waals surface area contributed by atoms with E-state index in [1.54, 1.807) is 48.9 Å². The number of nitrogens with one attached hydrogen (secondary N) is 1. The molecule has 0 saturated carbocycles. The van der Waals surface area contributed by atoms with Crippen LogP contribution in [0.3, 0.4) is 0 Å². The minimum atomic E-state index is -3.96. The molecule has 0 aliphatic rings. The lowest BCUT2D eigenvalue weighted by Gasteiger charge is -2.12. The summed E-state index contributed by atoms with van der Waals surface area (Å²) < 4.78 is 43.1. The van der Waals surface area contributed by atoms with Crippen molar-refractivity contribution in [3.63, 3.8) is 0 Å². The van der Waals surface area contributed by atoms with Crippen LogP contribution in [0.1, 0.15) is 0 Å². The maximum Gasteiger partial charge on any atom is 0.262 e. The highest BCUT2D eigenvalue weighted by Gasteiger charge is 2.19. The molecule has 3 heterocycles. The third kappa shape index (κ3) is 4.04. The van der Waals surface area contributed by atoms with Gasteiger partial charge >= 0.3 is 0 Å². The minimum absolute atomic E-state index is 0.0357. The first-order valence-corrected chi connectivity index (χ1v) is 11.5. The number of aromatic nitrogens is 3. The van der Waals surface area contributed by atoms with Crippen molar-refractivity contribution < 1.29 is 12.8 Å². The summed E-state index contributed by atoms with van der Waals surface area (Å²) in [6, 6.07) is 18.8. The number of pyridine rings is 3. The average molecular weight is 457 g/mol. The molecule has 5 rings (SSSR count). The molecule has 0 spiro atoms. The molecule has 8 heteroatoms. The van der Waals surface area contributed by atoms with Crippen LogP contribution in [0.4, 0.5) is 10.1 Å². The van der Waals surface area contributed by atoms with E-state index in [4.69, 9.17) is 0 Å². The Morgan fingerprint density at radius 1 is 0.758 bits per heavy atom. The van der Waals surface area contributed by atoms with Crippen LogP contribution < -0.4 is 4.72 Å². The van der Waals surface area contributed by atoms with Gasteiger partial charge < -0.3 is 0 Å². The first-order chi connectivity index (χ1) is 16.0. The van der Waals surface area contributed by atoms with Crippen LogP contribution in [0.2, 0.25) is 0 Å². The lowest BCUT2D eigenvalue weighted by molar-refractivity contribution is 0.598. The van der Waals surface area contributed by atoms with Crippen LogP contribution in [-0.4, -0.2) is 23.4 Å². The summed E-state index contributed by atoms with van der Waals surface area (Å²) in [6.07, 6.45) is 7.66. The van der Waals surface area contributed by atoms with Gasteiger partial charge in [0, 0.05) is 35.7 Å². The number of halogens is 1. The van der Waals surface area contributed by atoms with E-state index in [2.05, 4.69) is 19.7 Å². The summed E-state index contributed by atoms with van der Waals surface area (Å²) in [5, 5.41) is 0.830. The summed E-state index contributed by atoms with van der Waals surface area (Å²) in [5.74, 6) is -0.710. The molecule has 0 aliphatic carbocycles. The monoisotopic (exact) mass is 456 g/mol. The van der Waals surface area contributed by atoms with Crippen molar-refractivity contribution in [1.82, 2.24) is 15.0 Å². The molecular weight excluding hydrogens is 439 g/mol. The minimum Gasteiger partial charge on any atom is -0.275 e. The van der Waals surface area contributed by atoms with E-state index < -0.39 is 15.8 Å². The largest absolute Gasteiger partial charge is 0.275 e. The topological polar surface area (TPSA) is 84.8 Å². The molecule has 5 aromatic rings. The first-order valence-electron chi connectivity index (χ1n) is 10.0. The van der Waals surface area contributed by atoms with Gasteiger partial charge in [-0.1, -0.05) is 24.3 Å². The second-order valence-electron chi connectivity index (χ2n) is 7.29. The van der Waals surface area contributed by atoms with Crippen molar-refractivity contribution in [2.45, 2.75) is 4.90 Å². The van der Waals surface area contributed by atoms with E-state index in [0.29, 0.717) is 5.56 Å². The second kappa shape index (κ2) is 8.40. The van der Waals surface area contributed by atoms with Crippen LogP contribution in [-0.2, 0) is 10.0 Å². The maximum absolute atomic E-state index is 15.4. The van der Waals surface area contributed by atoms with Crippen molar-refractivity contribution in [2.75, 3.05) is 4.72 Å². The molecule has 0 amide bonds.